The molecular formula is C21H38N6. The summed E-state index contributed by atoms with van der Waals surface area (Å²) in [5.74, 6) is 1.34. The monoisotopic (exact) mass is 374 g/mol. The lowest BCUT2D eigenvalue weighted by Crippen LogP contribution is -2.49. The van der Waals surface area contributed by atoms with E-state index < -0.39 is 0 Å². The Balaban J connectivity index is 2.87. The Morgan fingerprint density at radius 2 is 1.85 bits per heavy atom. The molecule has 1 unspecified atom stereocenters. The van der Waals surface area contributed by atoms with Crippen molar-refractivity contribution in [2.45, 2.75) is 47.2 Å². The fourth-order valence-corrected chi connectivity index (χ4v) is 3.21. The van der Waals surface area contributed by atoms with Crippen LogP contribution in [0, 0.1) is 19.8 Å². The van der Waals surface area contributed by atoms with Crippen molar-refractivity contribution in [1.29, 1.82) is 0 Å². The highest BCUT2D eigenvalue weighted by molar-refractivity contribution is 5.79. The van der Waals surface area contributed by atoms with E-state index in [2.05, 4.69) is 61.5 Å². The van der Waals surface area contributed by atoms with E-state index >= 15 is 0 Å². The SMILES string of the molecule is C=CCN(CC=C)C(CNC(=NCc1c(C)nn(C)c1C)NCC)C(C)C. The summed E-state index contributed by atoms with van der Waals surface area (Å²) >= 11 is 0. The highest BCUT2D eigenvalue weighted by atomic mass is 15.3. The van der Waals surface area contributed by atoms with Crippen molar-refractivity contribution < 1.29 is 0 Å². The number of nitrogens with zero attached hydrogens (tertiary/aromatic N) is 4. The molecule has 0 fully saturated rings. The highest BCUT2D eigenvalue weighted by Gasteiger charge is 2.20. The minimum absolute atomic E-state index is 0.367. The van der Waals surface area contributed by atoms with Gasteiger partial charge in [0.2, 0.25) is 0 Å². The molecule has 0 saturated carbocycles. The molecule has 0 bridgehead atoms. The Hall–Kier alpha value is -2.08. The Morgan fingerprint density at radius 3 is 2.30 bits per heavy atom. The molecule has 0 saturated heterocycles. The van der Waals surface area contributed by atoms with E-state index in [-0.39, 0.29) is 0 Å². The molecule has 0 aliphatic heterocycles. The number of rotatable bonds is 11. The van der Waals surface area contributed by atoms with Crippen LogP contribution in [0.3, 0.4) is 0 Å². The molecule has 0 radical (unpaired) electrons. The number of hydrogen-bond donors (Lipinski definition) is 2. The number of hydrogen-bond acceptors (Lipinski definition) is 3. The second-order valence-corrected chi connectivity index (χ2v) is 7.19. The first-order chi connectivity index (χ1) is 12.8. The van der Waals surface area contributed by atoms with Crippen molar-refractivity contribution >= 4 is 5.96 Å². The van der Waals surface area contributed by atoms with Crippen LogP contribution >= 0.6 is 0 Å². The fraction of sp³-hybridized carbons (Fsp3) is 0.619. The van der Waals surface area contributed by atoms with Crippen LogP contribution < -0.4 is 10.6 Å². The van der Waals surface area contributed by atoms with Gasteiger partial charge in [0, 0.05) is 50.5 Å². The van der Waals surface area contributed by atoms with Crippen molar-refractivity contribution in [2.24, 2.45) is 18.0 Å². The molecule has 0 aliphatic rings. The zero-order valence-electron chi connectivity index (χ0n) is 18.0. The molecule has 27 heavy (non-hydrogen) atoms. The lowest BCUT2D eigenvalue weighted by atomic mass is 10.0. The summed E-state index contributed by atoms with van der Waals surface area (Å²) in [5, 5.41) is 11.3. The summed E-state index contributed by atoms with van der Waals surface area (Å²) < 4.78 is 1.91. The number of aliphatic imine (C=N–C) groups is 1. The fourth-order valence-electron chi connectivity index (χ4n) is 3.21. The topological polar surface area (TPSA) is 57.5 Å². The average Bonchev–Trinajstić information content (AvgIpc) is 2.85. The van der Waals surface area contributed by atoms with Crippen LogP contribution in [0.25, 0.3) is 0 Å². The Bertz CT molecular complexity index is 619. The molecule has 6 heteroatoms. The second-order valence-electron chi connectivity index (χ2n) is 7.19. The van der Waals surface area contributed by atoms with E-state index in [1.54, 1.807) is 0 Å². The summed E-state index contributed by atoms with van der Waals surface area (Å²) in [5.41, 5.74) is 3.39. The molecule has 152 valence electrons. The van der Waals surface area contributed by atoms with E-state index in [0.29, 0.717) is 18.5 Å². The van der Waals surface area contributed by atoms with Gasteiger partial charge >= 0.3 is 0 Å². The van der Waals surface area contributed by atoms with Gasteiger partial charge in [0.05, 0.1) is 12.2 Å². The number of nitrogens with one attached hydrogen (secondary N) is 2. The third-order valence-electron chi connectivity index (χ3n) is 4.84. The van der Waals surface area contributed by atoms with E-state index in [0.717, 1.165) is 43.5 Å². The van der Waals surface area contributed by atoms with E-state index in [1.165, 1.54) is 5.56 Å². The van der Waals surface area contributed by atoms with Gasteiger partial charge in [-0.25, -0.2) is 4.99 Å². The van der Waals surface area contributed by atoms with Crippen LogP contribution in [0.2, 0.25) is 0 Å². The smallest absolute Gasteiger partial charge is 0.191 e. The first-order valence-corrected chi connectivity index (χ1v) is 9.82. The van der Waals surface area contributed by atoms with Gasteiger partial charge in [-0.2, -0.15) is 5.10 Å². The summed E-state index contributed by atoms with van der Waals surface area (Å²) in [6.45, 7) is 22.4. The summed E-state index contributed by atoms with van der Waals surface area (Å²) in [7, 11) is 1.97. The molecule has 0 amide bonds. The minimum Gasteiger partial charge on any atom is -0.357 e. The maximum Gasteiger partial charge on any atom is 0.191 e. The molecule has 6 nitrogen and oxygen atoms in total. The van der Waals surface area contributed by atoms with Crippen molar-refractivity contribution in [1.82, 2.24) is 25.3 Å². The summed E-state index contributed by atoms with van der Waals surface area (Å²) in [4.78, 5) is 7.17. The zero-order valence-corrected chi connectivity index (χ0v) is 18.0. The third kappa shape index (κ3) is 6.86. The van der Waals surface area contributed by atoms with Gasteiger partial charge in [-0.3, -0.25) is 9.58 Å². The largest absolute Gasteiger partial charge is 0.357 e. The van der Waals surface area contributed by atoms with E-state index in [4.69, 9.17) is 4.99 Å². The van der Waals surface area contributed by atoms with Gasteiger partial charge in [-0.15, -0.1) is 13.2 Å². The van der Waals surface area contributed by atoms with Gasteiger partial charge < -0.3 is 10.6 Å². The van der Waals surface area contributed by atoms with Crippen molar-refractivity contribution in [3.63, 3.8) is 0 Å². The highest BCUT2D eigenvalue weighted by Crippen LogP contribution is 2.13. The minimum atomic E-state index is 0.367. The zero-order chi connectivity index (χ0) is 20.4. The maximum absolute atomic E-state index is 4.78. The van der Waals surface area contributed by atoms with Crippen LogP contribution in [0.1, 0.15) is 37.7 Å². The van der Waals surface area contributed by atoms with Crippen LogP contribution in [0.4, 0.5) is 0 Å². The quantitative estimate of drug-likeness (QED) is 0.355. The second kappa shape index (κ2) is 11.6. The molecule has 1 rings (SSSR count). The molecule has 0 aliphatic carbocycles. The molecule has 1 aromatic heterocycles. The van der Waals surface area contributed by atoms with Gasteiger partial charge in [0.25, 0.3) is 0 Å². The lowest BCUT2D eigenvalue weighted by Gasteiger charge is -2.33. The van der Waals surface area contributed by atoms with Crippen LogP contribution in [0.15, 0.2) is 30.3 Å². The molecule has 0 spiro atoms. The first kappa shape index (κ1) is 23.0. The van der Waals surface area contributed by atoms with Gasteiger partial charge in [-0.1, -0.05) is 26.0 Å². The molecule has 1 heterocycles. The van der Waals surface area contributed by atoms with Crippen molar-refractivity contribution in [3.8, 4) is 0 Å². The van der Waals surface area contributed by atoms with Crippen LogP contribution in [0.5, 0.6) is 0 Å². The summed E-state index contributed by atoms with van der Waals surface area (Å²) in [6, 6.07) is 0.367. The maximum atomic E-state index is 4.78. The normalized spacial score (nSPS) is 13.1. The van der Waals surface area contributed by atoms with Crippen LogP contribution in [-0.4, -0.2) is 52.9 Å². The van der Waals surface area contributed by atoms with E-state index in [9.17, 15) is 0 Å². The van der Waals surface area contributed by atoms with E-state index in [1.807, 2.05) is 30.8 Å². The lowest BCUT2D eigenvalue weighted by molar-refractivity contribution is 0.190. The van der Waals surface area contributed by atoms with Crippen molar-refractivity contribution in [3.05, 3.63) is 42.3 Å². The molecule has 0 aromatic carbocycles. The van der Waals surface area contributed by atoms with Gasteiger partial charge in [-0.05, 0) is 26.7 Å². The van der Waals surface area contributed by atoms with Gasteiger partial charge in [0.1, 0.15) is 0 Å². The Morgan fingerprint density at radius 1 is 1.22 bits per heavy atom. The molecular weight excluding hydrogens is 336 g/mol. The number of guanidine groups is 1. The third-order valence-corrected chi connectivity index (χ3v) is 4.84. The average molecular weight is 375 g/mol. The standard InChI is InChI=1S/C21H38N6/c1-9-12-27(13-10-2)20(16(4)5)15-24-21(22-11-3)23-14-19-17(6)25-26(8)18(19)7/h9-10,16,20H,1-2,11-15H2,3-8H3,(H2,22,23,24). The van der Waals surface area contributed by atoms with Crippen LogP contribution in [-0.2, 0) is 13.6 Å². The molecule has 1 aromatic rings. The Kier molecular flexibility index (Phi) is 9.86. The van der Waals surface area contributed by atoms with Gasteiger partial charge in [0.15, 0.2) is 5.96 Å². The molecule has 2 N–H and O–H groups in total. The predicted molar refractivity (Wildman–Crippen MR) is 116 cm³/mol. The number of aromatic nitrogens is 2. The Labute approximate surface area is 165 Å². The number of aryl methyl sites for hydroxylation is 2. The summed E-state index contributed by atoms with van der Waals surface area (Å²) in [6.07, 6.45) is 3.90. The first-order valence-electron chi connectivity index (χ1n) is 9.82. The van der Waals surface area contributed by atoms with Crippen molar-refractivity contribution in [2.75, 3.05) is 26.2 Å². The molecule has 1 atom stereocenters. The predicted octanol–water partition coefficient (Wildman–Crippen LogP) is 2.79.